The van der Waals surface area contributed by atoms with Crippen LogP contribution in [0.5, 0.6) is 0 Å². The molecule has 4 nitrogen and oxygen atoms in total. The molecule has 1 aliphatic rings. The molecule has 0 saturated heterocycles. The van der Waals surface area contributed by atoms with Crippen molar-refractivity contribution < 1.29 is 0 Å². The SMILES string of the molecule is CCn1nc(C)c(N)c1NC1CC1C. The van der Waals surface area contributed by atoms with Crippen LogP contribution in [0.4, 0.5) is 11.5 Å². The topological polar surface area (TPSA) is 55.9 Å². The number of anilines is 2. The molecular weight excluding hydrogens is 176 g/mol. The molecule has 0 aromatic carbocycles. The summed E-state index contributed by atoms with van der Waals surface area (Å²) in [6, 6.07) is 0.596. The molecule has 1 aromatic heterocycles. The van der Waals surface area contributed by atoms with Gasteiger partial charge in [0.2, 0.25) is 0 Å². The van der Waals surface area contributed by atoms with Gasteiger partial charge >= 0.3 is 0 Å². The molecule has 78 valence electrons. The molecule has 1 aliphatic carbocycles. The van der Waals surface area contributed by atoms with E-state index in [2.05, 4.69) is 24.3 Å². The van der Waals surface area contributed by atoms with Crippen LogP contribution in [0.15, 0.2) is 0 Å². The van der Waals surface area contributed by atoms with E-state index >= 15 is 0 Å². The van der Waals surface area contributed by atoms with Crippen molar-refractivity contribution in [1.29, 1.82) is 0 Å². The molecule has 1 saturated carbocycles. The van der Waals surface area contributed by atoms with Crippen molar-refractivity contribution in [1.82, 2.24) is 9.78 Å². The zero-order chi connectivity index (χ0) is 10.3. The molecule has 0 aliphatic heterocycles. The van der Waals surface area contributed by atoms with Crippen molar-refractivity contribution >= 4 is 11.5 Å². The molecule has 4 heteroatoms. The highest BCUT2D eigenvalue weighted by Gasteiger charge is 2.33. The highest BCUT2D eigenvalue weighted by atomic mass is 15.3. The molecule has 0 bridgehead atoms. The van der Waals surface area contributed by atoms with Crippen LogP contribution in [-0.4, -0.2) is 15.8 Å². The number of hydrogen-bond acceptors (Lipinski definition) is 3. The van der Waals surface area contributed by atoms with E-state index in [0.717, 1.165) is 29.7 Å². The number of hydrogen-bond donors (Lipinski definition) is 2. The van der Waals surface area contributed by atoms with Crippen molar-refractivity contribution in [2.45, 2.75) is 39.8 Å². The van der Waals surface area contributed by atoms with E-state index in [1.807, 2.05) is 11.6 Å². The van der Waals surface area contributed by atoms with Crippen molar-refractivity contribution in [3.05, 3.63) is 5.69 Å². The first-order chi connectivity index (χ1) is 6.63. The van der Waals surface area contributed by atoms with Crippen LogP contribution in [0.3, 0.4) is 0 Å². The molecule has 1 heterocycles. The molecular formula is C10H18N4. The first kappa shape index (κ1) is 9.37. The Morgan fingerprint density at radius 3 is 2.79 bits per heavy atom. The normalized spacial score (nSPS) is 25.1. The summed E-state index contributed by atoms with van der Waals surface area (Å²) >= 11 is 0. The van der Waals surface area contributed by atoms with Gasteiger partial charge in [-0.25, -0.2) is 4.68 Å². The average Bonchev–Trinajstić information content (AvgIpc) is 2.78. The average molecular weight is 194 g/mol. The van der Waals surface area contributed by atoms with Gasteiger partial charge < -0.3 is 11.1 Å². The molecule has 0 radical (unpaired) electrons. The third-order valence-electron chi connectivity index (χ3n) is 2.90. The lowest BCUT2D eigenvalue weighted by Crippen LogP contribution is -2.11. The van der Waals surface area contributed by atoms with Gasteiger partial charge in [0, 0.05) is 12.6 Å². The smallest absolute Gasteiger partial charge is 0.148 e. The molecule has 1 fully saturated rings. The van der Waals surface area contributed by atoms with Crippen molar-refractivity contribution in [3.63, 3.8) is 0 Å². The molecule has 3 N–H and O–H groups in total. The lowest BCUT2D eigenvalue weighted by molar-refractivity contribution is 0.656. The minimum Gasteiger partial charge on any atom is -0.394 e. The second-order valence-corrected chi connectivity index (χ2v) is 4.13. The highest BCUT2D eigenvalue weighted by Crippen LogP contribution is 2.34. The Kier molecular flexibility index (Phi) is 2.13. The maximum Gasteiger partial charge on any atom is 0.148 e. The maximum absolute atomic E-state index is 5.95. The van der Waals surface area contributed by atoms with Gasteiger partial charge in [-0.3, -0.25) is 0 Å². The highest BCUT2D eigenvalue weighted by molar-refractivity contribution is 5.65. The van der Waals surface area contributed by atoms with Crippen LogP contribution in [0.1, 0.15) is 26.0 Å². The molecule has 14 heavy (non-hydrogen) atoms. The van der Waals surface area contributed by atoms with Gasteiger partial charge in [-0.05, 0) is 26.2 Å². The number of nitrogens with zero attached hydrogens (tertiary/aromatic N) is 2. The fourth-order valence-corrected chi connectivity index (χ4v) is 1.68. The van der Waals surface area contributed by atoms with Crippen LogP contribution in [-0.2, 0) is 6.54 Å². The molecule has 0 amide bonds. The molecule has 2 unspecified atom stereocenters. The van der Waals surface area contributed by atoms with Gasteiger partial charge in [0.15, 0.2) is 0 Å². The summed E-state index contributed by atoms with van der Waals surface area (Å²) in [5, 5.41) is 7.81. The van der Waals surface area contributed by atoms with Crippen molar-refractivity contribution in [2.75, 3.05) is 11.1 Å². The number of nitrogens with one attached hydrogen (secondary N) is 1. The van der Waals surface area contributed by atoms with Gasteiger partial charge in [-0.15, -0.1) is 0 Å². The summed E-state index contributed by atoms with van der Waals surface area (Å²) in [5.41, 5.74) is 7.67. The van der Waals surface area contributed by atoms with Crippen molar-refractivity contribution in [2.24, 2.45) is 5.92 Å². The second-order valence-electron chi connectivity index (χ2n) is 4.13. The standard InChI is InChI=1S/C10H18N4/c1-4-14-10(9(11)7(3)13-14)12-8-5-6(8)2/h6,8,12H,4-5,11H2,1-3H3. The Balaban J connectivity index is 2.21. The summed E-state index contributed by atoms with van der Waals surface area (Å²) in [4.78, 5) is 0. The maximum atomic E-state index is 5.95. The van der Waals surface area contributed by atoms with Crippen LogP contribution in [0, 0.1) is 12.8 Å². The van der Waals surface area contributed by atoms with Gasteiger partial charge in [-0.1, -0.05) is 6.92 Å². The fourth-order valence-electron chi connectivity index (χ4n) is 1.68. The third-order valence-corrected chi connectivity index (χ3v) is 2.90. The summed E-state index contributed by atoms with van der Waals surface area (Å²) < 4.78 is 1.94. The molecule has 2 atom stereocenters. The monoisotopic (exact) mass is 194 g/mol. The van der Waals surface area contributed by atoms with Gasteiger partial charge in [0.1, 0.15) is 5.82 Å². The van der Waals surface area contributed by atoms with Gasteiger partial charge in [0.25, 0.3) is 0 Å². The first-order valence-corrected chi connectivity index (χ1v) is 5.23. The molecule has 0 spiro atoms. The number of nitrogen functional groups attached to an aromatic ring is 1. The predicted octanol–water partition coefficient (Wildman–Crippen LogP) is 1.61. The number of aryl methyl sites for hydroxylation is 2. The Labute approximate surface area is 84.5 Å². The molecule has 2 rings (SSSR count). The van der Waals surface area contributed by atoms with E-state index in [9.17, 15) is 0 Å². The van der Waals surface area contributed by atoms with Crippen LogP contribution >= 0.6 is 0 Å². The first-order valence-electron chi connectivity index (χ1n) is 5.23. The lowest BCUT2D eigenvalue weighted by atomic mass is 10.4. The number of rotatable bonds is 3. The summed E-state index contributed by atoms with van der Waals surface area (Å²) in [6.45, 7) is 7.13. The Bertz CT molecular complexity index is 342. The van der Waals surface area contributed by atoms with E-state index in [1.54, 1.807) is 0 Å². The Morgan fingerprint density at radius 1 is 1.64 bits per heavy atom. The summed E-state index contributed by atoms with van der Waals surface area (Å²) in [6.07, 6.45) is 1.24. The minimum atomic E-state index is 0.596. The Hall–Kier alpha value is -1.19. The molecule has 1 aromatic rings. The largest absolute Gasteiger partial charge is 0.394 e. The zero-order valence-electron chi connectivity index (χ0n) is 9.04. The van der Waals surface area contributed by atoms with Crippen LogP contribution in [0.25, 0.3) is 0 Å². The van der Waals surface area contributed by atoms with E-state index in [1.165, 1.54) is 6.42 Å². The van der Waals surface area contributed by atoms with E-state index in [-0.39, 0.29) is 0 Å². The fraction of sp³-hybridized carbons (Fsp3) is 0.700. The van der Waals surface area contributed by atoms with E-state index in [4.69, 9.17) is 5.73 Å². The van der Waals surface area contributed by atoms with Crippen molar-refractivity contribution in [3.8, 4) is 0 Å². The van der Waals surface area contributed by atoms with E-state index < -0.39 is 0 Å². The predicted molar refractivity (Wildman–Crippen MR) is 58.2 cm³/mol. The zero-order valence-corrected chi connectivity index (χ0v) is 9.04. The minimum absolute atomic E-state index is 0.596. The second kappa shape index (κ2) is 3.19. The van der Waals surface area contributed by atoms with Crippen LogP contribution in [0.2, 0.25) is 0 Å². The summed E-state index contributed by atoms with van der Waals surface area (Å²) in [5.74, 6) is 1.77. The van der Waals surface area contributed by atoms with Gasteiger partial charge in [-0.2, -0.15) is 5.10 Å². The third kappa shape index (κ3) is 1.45. The van der Waals surface area contributed by atoms with E-state index in [0.29, 0.717) is 6.04 Å². The quantitative estimate of drug-likeness (QED) is 0.768. The lowest BCUT2D eigenvalue weighted by Gasteiger charge is -2.08. The van der Waals surface area contributed by atoms with Crippen LogP contribution < -0.4 is 11.1 Å². The summed E-state index contributed by atoms with van der Waals surface area (Å²) in [7, 11) is 0. The number of nitrogens with two attached hydrogens (primary N) is 1. The Morgan fingerprint density at radius 2 is 2.29 bits per heavy atom. The van der Waals surface area contributed by atoms with Gasteiger partial charge in [0.05, 0.1) is 11.4 Å². The number of aromatic nitrogens is 2.